The van der Waals surface area contributed by atoms with Crippen molar-refractivity contribution >= 4 is 17.2 Å². The second kappa shape index (κ2) is 14.2. The Morgan fingerprint density at radius 3 is 1.50 bits per heavy atom. The molecule has 54 heavy (non-hydrogen) atoms. The Balaban J connectivity index is 1.59. The molecule has 0 amide bonds. The third-order valence-electron chi connectivity index (χ3n) is 10.2. The molecule has 0 radical (unpaired) electrons. The van der Waals surface area contributed by atoms with Gasteiger partial charge in [-0.3, -0.25) is 4.90 Å². The number of benzene rings is 4. The molecule has 4 aromatic carbocycles. The third-order valence-corrected chi connectivity index (χ3v) is 10.2. The number of hydrogen-bond acceptors (Lipinski definition) is 4. The number of anilines is 3. The first-order chi connectivity index (χ1) is 25.2. The summed E-state index contributed by atoms with van der Waals surface area (Å²) < 4.78 is 0. The van der Waals surface area contributed by atoms with Gasteiger partial charge in [0.1, 0.15) is 11.6 Å². The number of nitrogens with zero attached hydrogens (tertiary/aromatic N) is 3. The number of aromatic nitrogens is 2. The van der Waals surface area contributed by atoms with Crippen LogP contribution in [0.15, 0.2) is 121 Å². The summed E-state index contributed by atoms with van der Waals surface area (Å²) in [4.78, 5) is 12.4. The number of para-hydroxylation sites is 1. The van der Waals surface area contributed by atoms with Crippen molar-refractivity contribution in [3.05, 3.63) is 144 Å². The van der Waals surface area contributed by atoms with Crippen molar-refractivity contribution in [2.75, 3.05) is 4.90 Å². The summed E-state index contributed by atoms with van der Waals surface area (Å²) >= 11 is 0. The minimum atomic E-state index is -0.0471. The van der Waals surface area contributed by atoms with E-state index in [4.69, 9.17) is 9.97 Å². The van der Waals surface area contributed by atoms with Crippen LogP contribution in [-0.4, -0.2) is 15.1 Å². The van der Waals surface area contributed by atoms with E-state index in [0.29, 0.717) is 5.56 Å². The topological polar surface area (TPSA) is 49.2 Å². The predicted molar refractivity (Wildman–Crippen MR) is 229 cm³/mol. The molecule has 278 valence electrons. The lowest BCUT2D eigenvalue weighted by Gasteiger charge is -2.30. The van der Waals surface area contributed by atoms with E-state index in [9.17, 15) is 5.11 Å². The molecule has 6 aromatic rings. The number of aromatic hydroxyl groups is 1. The number of phenols is 1. The first-order valence-electron chi connectivity index (χ1n) is 19.1. The molecule has 4 heteroatoms. The van der Waals surface area contributed by atoms with Crippen molar-refractivity contribution in [3.8, 4) is 39.4 Å². The van der Waals surface area contributed by atoms with Gasteiger partial charge in [-0.15, -0.1) is 0 Å². The van der Waals surface area contributed by atoms with Gasteiger partial charge in [-0.05, 0) is 116 Å². The second-order valence-corrected chi connectivity index (χ2v) is 18.8. The van der Waals surface area contributed by atoms with Crippen LogP contribution >= 0.6 is 0 Å². The fourth-order valence-corrected chi connectivity index (χ4v) is 6.64. The molecule has 0 aliphatic carbocycles. The van der Waals surface area contributed by atoms with E-state index >= 15 is 0 Å². The molecular weight excluding hydrogens is 659 g/mol. The predicted octanol–water partition coefficient (Wildman–Crippen LogP) is 13.8. The highest BCUT2D eigenvalue weighted by Crippen LogP contribution is 2.42. The van der Waals surface area contributed by atoms with E-state index in [2.05, 4.69) is 167 Å². The molecule has 0 saturated carbocycles. The van der Waals surface area contributed by atoms with Crippen molar-refractivity contribution < 1.29 is 5.11 Å². The minimum Gasteiger partial charge on any atom is -0.507 e. The summed E-state index contributed by atoms with van der Waals surface area (Å²) in [5.74, 6) is 1.04. The van der Waals surface area contributed by atoms with Crippen molar-refractivity contribution in [2.24, 2.45) is 0 Å². The molecule has 0 spiro atoms. The highest BCUT2D eigenvalue weighted by molar-refractivity contribution is 5.82. The van der Waals surface area contributed by atoms with E-state index in [0.717, 1.165) is 45.3 Å². The smallest absolute Gasteiger partial charge is 0.137 e. The standard InChI is InChI=1S/C50H57N3O/c1-47(2,3)36-24-34(25-37(29-36)48(4,5)6)35-27-43(52-44(28-35)42-20-13-14-21-45(42)54)33-18-17-19-40(26-33)53(46-22-15-16-23-51-46)41-31-38(49(7,8)9)30-39(32-41)50(10,11)12/h13-32,54H,1-12H3. The molecule has 0 aliphatic rings. The highest BCUT2D eigenvalue weighted by atomic mass is 16.3. The monoisotopic (exact) mass is 715 g/mol. The maximum Gasteiger partial charge on any atom is 0.137 e. The van der Waals surface area contributed by atoms with Crippen molar-refractivity contribution in [3.63, 3.8) is 0 Å². The molecule has 0 fully saturated rings. The summed E-state index contributed by atoms with van der Waals surface area (Å²) in [7, 11) is 0. The van der Waals surface area contributed by atoms with Crippen LogP contribution in [-0.2, 0) is 21.7 Å². The van der Waals surface area contributed by atoms with Gasteiger partial charge in [0.25, 0.3) is 0 Å². The molecule has 0 atom stereocenters. The zero-order valence-corrected chi connectivity index (χ0v) is 34.3. The van der Waals surface area contributed by atoms with Gasteiger partial charge in [-0.2, -0.15) is 0 Å². The Labute approximate surface area is 324 Å². The zero-order valence-electron chi connectivity index (χ0n) is 34.3. The Kier molecular flexibility index (Phi) is 10.1. The fraction of sp³-hybridized carbons (Fsp3) is 0.320. The van der Waals surface area contributed by atoms with Gasteiger partial charge in [0, 0.05) is 28.7 Å². The first kappa shape index (κ1) is 38.5. The van der Waals surface area contributed by atoms with Gasteiger partial charge in [0.05, 0.1) is 11.4 Å². The van der Waals surface area contributed by atoms with Crippen LogP contribution < -0.4 is 4.90 Å². The summed E-state index contributed by atoms with van der Waals surface area (Å²) in [6, 6.07) is 40.4. The number of rotatable bonds is 6. The molecule has 6 rings (SSSR count). The van der Waals surface area contributed by atoms with Crippen LogP contribution in [0, 0.1) is 0 Å². The summed E-state index contributed by atoms with van der Waals surface area (Å²) in [5, 5.41) is 11.1. The van der Waals surface area contributed by atoms with Crippen LogP contribution in [0.1, 0.15) is 105 Å². The minimum absolute atomic E-state index is 0.0349. The van der Waals surface area contributed by atoms with E-state index in [1.54, 1.807) is 6.07 Å². The molecule has 2 aromatic heterocycles. The summed E-state index contributed by atoms with van der Waals surface area (Å²) in [5.41, 5.74) is 12.4. The molecule has 0 saturated heterocycles. The Hall–Kier alpha value is -5.22. The molecule has 0 bridgehead atoms. The normalized spacial score (nSPS) is 12.5. The summed E-state index contributed by atoms with van der Waals surface area (Å²) in [6.07, 6.45) is 1.85. The number of phenolic OH excluding ortho intramolecular Hbond substituents is 1. The first-order valence-corrected chi connectivity index (χ1v) is 19.1. The van der Waals surface area contributed by atoms with Crippen LogP contribution in [0.5, 0.6) is 5.75 Å². The van der Waals surface area contributed by atoms with Crippen molar-refractivity contribution in [1.29, 1.82) is 0 Å². The molecular formula is C50H57N3O. The van der Waals surface area contributed by atoms with Crippen LogP contribution in [0.25, 0.3) is 33.6 Å². The van der Waals surface area contributed by atoms with Crippen molar-refractivity contribution in [1.82, 2.24) is 9.97 Å². The third kappa shape index (κ3) is 8.44. The average Bonchev–Trinajstić information content (AvgIpc) is 3.10. The zero-order chi connectivity index (χ0) is 39.2. The van der Waals surface area contributed by atoms with Crippen LogP contribution in [0.2, 0.25) is 0 Å². The maximum absolute atomic E-state index is 11.1. The van der Waals surface area contributed by atoms with Gasteiger partial charge in [0.2, 0.25) is 0 Å². The Morgan fingerprint density at radius 2 is 0.963 bits per heavy atom. The van der Waals surface area contributed by atoms with E-state index in [1.807, 2.05) is 36.5 Å². The van der Waals surface area contributed by atoms with Gasteiger partial charge in [-0.1, -0.05) is 138 Å². The molecule has 1 N–H and O–H groups in total. The van der Waals surface area contributed by atoms with E-state index in [-0.39, 0.29) is 27.4 Å². The largest absolute Gasteiger partial charge is 0.507 e. The number of pyridine rings is 2. The quantitative estimate of drug-likeness (QED) is 0.186. The van der Waals surface area contributed by atoms with Gasteiger partial charge >= 0.3 is 0 Å². The van der Waals surface area contributed by atoms with Gasteiger partial charge < -0.3 is 5.11 Å². The maximum atomic E-state index is 11.1. The van der Waals surface area contributed by atoms with E-state index in [1.165, 1.54) is 22.3 Å². The van der Waals surface area contributed by atoms with Crippen molar-refractivity contribution in [2.45, 2.75) is 105 Å². The summed E-state index contributed by atoms with van der Waals surface area (Å²) in [6.45, 7) is 27.2. The SMILES string of the molecule is CC(C)(C)c1cc(-c2cc(-c3cccc(N(c4cc(C(C)(C)C)cc(C(C)(C)C)c4)c4ccccn4)c3)nc(-c3ccccc3O)c2)cc(C(C)(C)C)c1. The molecule has 2 heterocycles. The Bertz CT molecular complexity index is 2210. The molecule has 4 nitrogen and oxygen atoms in total. The Morgan fingerprint density at radius 1 is 0.444 bits per heavy atom. The number of hydrogen-bond donors (Lipinski definition) is 1. The lowest BCUT2D eigenvalue weighted by molar-refractivity contribution is 0.477. The fourth-order valence-electron chi connectivity index (χ4n) is 6.64. The molecule has 0 unspecified atom stereocenters. The van der Waals surface area contributed by atoms with Gasteiger partial charge in [0.15, 0.2) is 0 Å². The molecule has 0 aliphatic heterocycles. The highest BCUT2D eigenvalue weighted by Gasteiger charge is 2.25. The lowest BCUT2D eigenvalue weighted by atomic mass is 9.79. The van der Waals surface area contributed by atoms with Gasteiger partial charge in [-0.25, -0.2) is 9.97 Å². The average molecular weight is 716 g/mol. The van der Waals surface area contributed by atoms with Crippen LogP contribution in [0.3, 0.4) is 0 Å². The second-order valence-electron chi connectivity index (χ2n) is 18.8. The lowest BCUT2D eigenvalue weighted by Crippen LogP contribution is -2.19. The van der Waals surface area contributed by atoms with E-state index < -0.39 is 0 Å². The van der Waals surface area contributed by atoms with Crippen LogP contribution in [0.4, 0.5) is 17.2 Å².